The highest BCUT2D eigenvalue weighted by Crippen LogP contribution is 2.37. The molecular formula is C11H12ClF6NO. The molecule has 0 aromatic heterocycles. The lowest BCUT2D eigenvalue weighted by Crippen LogP contribution is -2.24. The second-order valence-electron chi connectivity index (χ2n) is 4.11. The van der Waals surface area contributed by atoms with E-state index in [-0.39, 0.29) is 18.5 Å². The Bertz CT molecular complexity index is 425. The zero-order valence-electron chi connectivity index (χ0n) is 10.1. The number of aliphatic hydroxyl groups is 1. The smallest absolute Gasteiger partial charge is 0.391 e. The fourth-order valence-corrected chi connectivity index (χ4v) is 1.45. The van der Waals surface area contributed by atoms with Crippen molar-refractivity contribution in [3.63, 3.8) is 0 Å². The maximum atomic E-state index is 12.5. The molecule has 116 valence electrons. The van der Waals surface area contributed by atoms with Crippen LogP contribution in [0.3, 0.4) is 0 Å². The summed E-state index contributed by atoms with van der Waals surface area (Å²) in [5.41, 5.74) is 2.06. The van der Waals surface area contributed by atoms with E-state index in [2.05, 4.69) is 0 Å². The Labute approximate surface area is 117 Å². The van der Waals surface area contributed by atoms with E-state index in [0.717, 1.165) is 0 Å². The molecule has 0 fully saturated rings. The molecule has 0 spiro atoms. The van der Waals surface area contributed by atoms with Gasteiger partial charge in [0.25, 0.3) is 0 Å². The highest BCUT2D eigenvalue weighted by atomic mass is 35.5. The van der Waals surface area contributed by atoms with Gasteiger partial charge >= 0.3 is 12.4 Å². The van der Waals surface area contributed by atoms with E-state index in [1.54, 1.807) is 0 Å². The third-order valence-corrected chi connectivity index (χ3v) is 2.51. The average Bonchev–Trinajstić information content (AvgIpc) is 2.24. The number of benzene rings is 1. The van der Waals surface area contributed by atoms with Crippen LogP contribution in [0.25, 0.3) is 0 Å². The van der Waals surface area contributed by atoms with Crippen LogP contribution in [-0.2, 0) is 12.4 Å². The van der Waals surface area contributed by atoms with Gasteiger partial charge in [-0.1, -0.05) is 0 Å². The Morgan fingerprint density at radius 1 is 0.950 bits per heavy atom. The zero-order chi connectivity index (χ0) is 15.0. The first-order valence-electron chi connectivity index (χ1n) is 5.16. The Morgan fingerprint density at radius 3 is 1.55 bits per heavy atom. The van der Waals surface area contributed by atoms with Gasteiger partial charge in [0, 0.05) is 0 Å². The maximum Gasteiger partial charge on any atom is 0.416 e. The van der Waals surface area contributed by atoms with Gasteiger partial charge in [-0.3, -0.25) is 0 Å². The fourth-order valence-electron chi connectivity index (χ4n) is 1.45. The van der Waals surface area contributed by atoms with Crippen molar-refractivity contribution in [3.8, 4) is 0 Å². The molecular weight excluding hydrogens is 312 g/mol. The minimum Gasteiger partial charge on any atom is -0.391 e. The quantitative estimate of drug-likeness (QED) is 0.818. The molecule has 1 rings (SSSR count). The van der Waals surface area contributed by atoms with E-state index in [4.69, 9.17) is 5.73 Å². The molecule has 0 aliphatic heterocycles. The first-order valence-corrected chi connectivity index (χ1v) is 5.16. The summed E-state index contributed by atoms with van der Waals surface area (Å²) in [5, 5.41) is 9.17. The number of nitrogens with two attached hydrogens (primary N) is 1. The summed E-state index contributed by atoms with van der Waals surface area (Å²) >= 11 is 0. The molecule has 3 N–H and O–H groups in total. The first-order chi connectivity index (χ1) is 8.43. The predicted octanol–water partition coefficient (Wildman–Crippen LogP) is 3.53. The van der Waals surface area contributed by atoms with Crippen molar-refractivity contribution in [2.75, 3.05) is 0 Å². The standard InChI is InChI=1S/C11H11F6NO.ClH/c1-5(19)9(18)6-2-7(10(12,13)14)4-8(3-6)11(15,16)17;/h2-5,9,19H,18H2,1H3;1H/t5-,9-;/m0./s1. The van der Waals surface area contributed by atoms with Gasteiger partial charge < -0.3 is 10.8 Å². The molecule has 0 amide bonds. The molecule has 0 saturated heterocycles. The van der Waals surface area contributed by atoms with E-state index in [9.17, 15) is 31.4 Å². The topological polar surface area (TPSA) is 46.2 Å². The van der Waals surface area contributed by atoms with Crippen molar-refractivity contribution < 1.29 is 31.4 Å². The molecule has 0 saturated carbocycles. The molecule has 1 aromatic rings. The Kier molecular flexibility index (Phi) is 5.89. The number of hydrogen-bond acceptors (Lipinski definition) is 2. The summed E-state index contributed by atoms with van der Waals surface area (Å²) in [5.74, 6) is 0. The van der Waals surface area contributed by atoms with Crippen LogP contribution >= 0.6 is 12.4 Å². The van der Waals surface area contributed by atoms with Gasteiger partial charge in [0.05, 0.1) is 23.3 Å². The molecule has 2 nitrogen and oxygen atoms in total. The number of aliphatic hydroxyl groups excluding tert-OH is 1. The van der Waals surface area contributed by atoms with Crippen LogP contribution in [0.5, 0.6) is 0 Å². The molecule has 1 aromatic carbocycles. The normalized spacial score (nSPS) is 15.4. The number of halogens is 7. The molecule has 0 aliphatic carbocycles. The van der Waals surface area contributed by atoms with Crippen molar-refractivity contribution in [2.24, 2.45) is 5.73 Å². The monoisotopic (exact) mass is 323 g/mol. The van der Waals surface area contributed by atoms with Gasteiger partial charge in [-0.05, 0) is 30.7 Å². The van der Waals surface area contributed by atoms with Gasteiger partial charge in [0.15, 0.2) is 0 Å². The number of alkyl halides is 6. The molecule has 0 radical (unpaired) electrons. The van der Waals surface area contributed by atoms with Crippen LogP contribution in [0, 0.1) is 0 Å². The molecule has 0 heterocycles. The van der Waals surface area contributed by atoms with Crippen LogP contribution in [-0.4, -0.2) is 11.2 Å². The van der Waals surface area contributed by atoms with E-state index < -0.39 is 41.2 Å². The number of rotatable bonds is 2. The van der Waals surface area contributed by atoms with Gasteiger partial charge in [-0.15, -0.1) is 12.4 Å². The second-order valence-corrected chi connectivity index (χ2v) is 4.11. The fraction of sp³-hybridized carbons (Fsp3) is 0.455. The van der Waals surface area contributed by atoms with Crippen molar-refractivity contribution >= 4 is 12.4 Å². The zero-order valence-corrected chi connectivity index (χ0v) is 10.9. The largest absolute Gasteiger partial charge is 0.416 e. The number of hydrogen-bond donors (Lipinski definition) is 2. The molecule has 9 heteroatoms. The van der Waals surface area contributed by atoms with E-state index in [1.165, 1.54) is 6.92 Å². The van der Waals surface area contributed by atoms with Crippen molar-refractivity contribution in [1.29, 1.82) is 0 Å². The summed E-state index contributed by atoms with van der Waals surface area (Å²) in [6, 6.07) is -0.305. The minimum absolute atomic E-state index is 0. The predicted molar refractivity (Wildman–Crippen MR) is 62.3 cm³/mol. The van der Waals surface area contributed by atoms with Crippen molar-refractivity contribution in [2.45, 2.75) is 31.4 Å². The van der Waals surface area contributed by atoms with Gasteiger partial charge in [-0.25, -0.2) is 0 Å². The summed E-state index contributed by atoms with van der Waals surface area (Å²) in [4.78, 5) is 0. The molecule has 0 aliphatic rings. The Hall–Kier alpha value is -0.990. The third-order valence-electron chi connectivity index (χ3n) is 2.51. The van der Waals surface area contributed by atoms with Crippen LogP contribution in [0.15, 0.2) is 18.2 Å². The lowest BCUT2D eigenvalue weighted by molar-refractivity contribution is -0.143. The van der Waals surface area contributed by atoms with Gasteiger partial charge in [0.1, 0.15) is 0 Å². The lowest BCUT2D eigenvalue weighted by atomic mass is 9.97. The summed E-state index contributed by atoms with van der Waals surface area (Å²) in [6.07, 6.45) is -11.1. The molecule has 0 bridgehead atoms. The Morgan fingerprint density at radius 2 is 1.30 bits per heavy atom. The van der Waals surface area contributed by atoms with E-state index >= 15 is 0 Å². The maximum absolute atomic E-state index is 12.5. The lowest BCUT2D eigenvalue weighted by Gasteiger charge is -2.19. The van der Waals surface area contributed by atoms with Crippen LogP contribution in [0.1, 0.15) is 29.7 Å². The molecule has 20 heavy (non-hydrogen) atoms. The summed E-state index contributed by atoms with van der Waals surface area (Å²) in [7, 11) is 0. The van der Waals surface area contributed by atoms with Gasteiger partial charge in [-0.2, -0.15) is 26.3 Å². The van der Waals surface area contributed by atoms with Crippen molar-refractivity contribution in [1.82, 2.24) is 0 Å². The van der Waals surface area contributed by atoms with Gasteiger partial charge in [0.2, 0.25) is 0 Å². The van der Waals surface area contributed by atoms with Crippen molar-refractivity contribution in [3.05, 3.63) is 34.9 Å². The third kappa shape index (κ3) is 4.53. The highest BCUT2D eigenvalue weighted by molar-refractivity contribution is 5.85. The summed E-state index contributed by atoms with van der Waals surface area (Å²) < 4.78 is 75.2. The minimum atomic E-state index is -4.92. The van der Waals surface area contributed by atoms with E-state index in [1.807, 2.05) is 0 Å². The Balaban J connectivity index is 0.00000361. The SMILES string of the molecule is C[C@H](O)[C@H](N)c1cc(C(F)(F)F)cc(C(F)(F)F)c1.Cl. The van der Waals surface area contributed by atoms with Crippen LogP contribution in [0.4, 0.5) is 26.3 Å². The second kappa shape index (κ2) is 6.19. The molecule has 2 atom stereocenters. The first kappa shape index (κ1) is 19.0. The van der Waals surface area contributed by atoms with Crippen LogP contribution in [0.2, 0.25) is 0 Å². The summed E-state index contributed by atoms with van der Waals surface area (Å²) in [6.45, 7) is 1.18. The molecule has 0 unspecified atom stereocenters. The highest BCUT2D eigenvalue weighted by Gasteiger charge is 2.37. The van der Waals surface area contributed by atoms with Crippen LogP contribution < -0.4 is 5.73 Å². The average molecular weight is 324 g/mol. The van der Waals surface area contributed by atoms with E-state index in [0.29, 0.717) is 12.1 Å².